The Kier molecular flexibility index (Phi) is 3.87. The zero-order valence-electron chi connectivity index (χ0n) is 11.6. The molecular formula is C13H20N4O2. The van der Waals surface area contributed by atoms with Gasteiger partial charge in [-0.2, -0.15) is 5.10 Å². The molecule has 104 valence electrons. The van der Waals surface area contributed by atoms with Crippen molar-refractivity contribution in [1.29, 1.82) is 0 Å². The summed E-state index contributed by atoms with van der Waals surface area (Å²) in [5.41, 5.74) is 1.95. The van der Waals surface area contributed by atoms with Gasteiger partial charge in [0.15, 0.2) is 0 Å². The van der Waals surface area contributed by atoms with Crippen molar-refractivity contribution in [3.05, 3.63) is 17.5 Å². The molecule has 19 heavy (non-hydrogen) atoms. The standard InChI is InChI=1S/C13H20N4O2/c1-4-17-11(7-9(2)15-17)8-16-6-5-12(18)14-10(3)13(16)19/h7,10H,4-6,8H2,1-3H3,(H,14,18). The van der Waals surface area contributed by atoms with E-state index in [0.717, 1.165) is 17.9 Å². The maximum atomic E-state index is 12.2. The fourth-order valence-corrected chi connectivity index (χ4v) is 2.35. The Hall–Kier alpha value is -1.85. The molecule has 6 nitrogen and oxygen atoms in total. The van der Waals surface area contributed by atoms with Crippen LogP contribution in [0.5, 0.6) is 0 Å². The summed E-state index contributed by atoms with van der Waals surface area (Å²) in [5, 5.41) is 7.06. The summed E-state index contributed by atoms with van der Waals surface area (Å²) in [5.74, 6) is -0.101. The zero-order valence-corrected chi connectivity index (χ0v) is 11.6. The van der Waals surface area contributed by atoms with Crippen molar-refractivity contribution in [2.75, 3.05) is 6.54 Å². The lowest BCUT2D eigenvalue weighted by Crippen LogP contribution is -2.42. The van der Waals surface area contributed by atoms with Crippen LogP contribution in [0.2, 0.25) is 0 Å². The van der Waals surface area contributed by atoms with Crippen molar-refractivity contribution in [3.63, 3.8) is 0 Å². The Morgan fingerprint density at radius 1 is 1.47 bits per heavy atom. The number of carbonyl (C=O) groups is 2. The van der Waals surface area contributed by atoms with Crippen LogP contribution in [0.4, 0.5) is 0 Å². The van der Waals surface area contributed by atoms with Crippen LogP contribution in [0.1, 0.15) is 31.7 Å². The highest BCUT2D eigenvalue weighted by atomic mass is 16.2. The van der Waals surface area contributed by atoms with E-state index in [4.69, 9.17) is 0 Å². The fourth-order valence-electron chi connectivity index (χ4n) is 2.35. The molecule has 0 aromatic carbocycles. The van der Waals surface area contributed by atoms with Gasteiger partial charge >= 0.3 is 0 Å². The second kappa shape index (κ2) is 5.42. The average molecular weight is 264 g/mol. The summed E-state index contributed by atoms with van der Waals surface area (Å²) in [6, 6.07) is 1.54. The Bertz CT molecular complexity index is 495. The molecule has 1 N–H and O–H groups in total. The van der Waals surface area contributed by atoms with Crippen LogP contribution in [0.25, 0.3) is 0 Å². The number of nitrogens with one attached hydrogen (secondary N) is 1. The Labute approximate surface area is 112 Å². The zero-order chi connectivity index (χ0) is 14.0. The van der Waals surface area contributed by atoms with Crippen LogP contribution in [-0.2, 0) is 22.7 Å². The van der Waals surface area contributed by atoms with Crippen molar-refractivity contribution in [2.45, 2.75) is 46.3 Å². The van der Waals surface area contributed by atoms with Crippen LogP contribution in [-0.4, -0.2) is 39.1 Å². The monoisotopic (exact) mass is 264 g/mol. The van der Waals surface area contributed by atoms with Gasteiger partial charge in [-0.25, -0.2) is 0 Å². The quantitative estimate of drug-likeness (QED) is 0.862. The van der Waals surface area contributed by atoms with Crippen LogP contribution >= 0.6 is 0 Å². The highest BCUT2D eigenvalue weighted by Crippen LogP contribution is 2.11. The van der Waals surface area contributed by atoms with Gasteiger partial charge in [-0.15, -0.1) is 0 Å². The molecule has 2 heterocycles. The minimum atomic E-state index is -0.450. The predicted octanol–water partition coefficient (Wildman–Crippen LogP) is 0.448. The first kappa shape index (κ1) is 13.6. The average Bonchev–Trinajstić information content (AvgIpc) is 2.67. The number of aromatic nitrogens is 2. The molecule has 0 aliphatic carbocycles. The molecule has 0 bridgehead atoms. The molecule has 1 fully saturated rings. The number of amides is 2. The minimum Gasteiger partial charge on any atom is -0.345 e. The van der Waals surface area contributed by atoms with Gasteiger partial charge in [0, 0.05) is 19.5 Å². The molecular weight excluding hydrogens is 244 g/mol. The molecule has 0 spiro atoms. The summed E-state index contributed by atoms with van der Waals surface area (Å²) < 4.78 is 1.90. The van der Waals surface area contributed by atoms with E-state index in [1.807, 2.05) is 24.6 Å². The van der Waals surface area contributed by atoms with Crippen LogP contribution in [0.3, 0.4) is 0 Å². The molecule has 1 saturated heterocycles. The third-order valence-corrected chi connectivity index (χ3v) is 3.31. The van der Waals surface area contributed by atoms with E-state index < -0.39 is 6.04 Å². The maximum Gasteiger partial charge on any atom is 0.245 e. The summed E-state index contributed by atoms with van der Waals surface area (Å²) in [6.45, 7) is 7.43. The third kappa shape index (κ3) is 2.94. The van der Waals surface area contributed by atoms with Gasteiger partial charge in [-0.3, -0.25) is 14.3 Å². The van der Waals surface area contributed by atoms with E-state index in [2.05, 4.69) is 10.4 Å². The van der Waals surface area contributed by atoms with E-state index in [9.17, 15) is 9.59 Å². The van der Waals surface area contributed by atoms with Crippen LogP contribution in [0.15, 0.2) is 6.07 Å². The van der Waals surface area contributed by atoms with Crippen molar-refractivity contribution < 1.29 is 9.59 Å². The van der Waals surface area contributed by atoms with E-state index in [1.165, 1.54) is 0 Å². The SMILES string of the molecule is CCn1nc(C)cc1CN1CCC(=O)NC(C)C1=O. The molecule has 6 heteroatoms. The highest BCUT2D eigenvalue weighted by Gasteiger charge is 2.27. The molecule has 1 aliphatic heterocycles. The predicted molar refractivity (Wildman–Crippen MR) is 70.3 cm³/mol. The van der Waals surface area contributed by atoms with Gasteiger partial charge in [0.25, 0.3) is 0 Å². The Balaban J connectivity index is 2.16. The molecule has 1 aromatic heterocycles. The number of hydrogen-bond donors (Lipinski definition) is 1. The lowest BCUT2D eigenvalue weighted by Gasteiger charge is -2.22. The van der Waals surface area contributed by atoms with E-state index in [-0.39, 0.29) is 11.8 Å². The highest BCUT2D eigenvalue weighted by molar-refractivity contribution is 5.89. The van der Waals surface area contributed by atoms with E-state index in [0.29, 0.717) is 19.5 Å². The molecule has 1 aromatic rings. The number of hydrogen-bond acceptors (Lipinski definition) is 3. The van der Waals surface area contributed by atoms with E-state index >= 15 is 0 Å². The number of aryl methyl sites for hydroxylation is 2. The first-order chi connectivity index (χ1) is 9.01. The van der Waals surface area contributed by atoms with Crippen molar-refractivity contribution in [1.82, 2.24) is 20.0 Å². The van der Waals surface area contributed by atoms with Gasteiger partial charge in [0.1, 0.15) is 6.04 Å². The third-order valence-electron chi connectivity index (χ3n) is 3.31. The maximum absolute atomic E-state index is 12.2. The second-order valence-electron chi connectivity index (χ2n) is 4.89. The van der Waals surface area contributed by atoms with Gasteiger partial charge in [0.05, 0.1) is 17.9 Å². The van der Waals surface area contributed by atoms with Crippen molar-refractivity contribution in [2.24, 2.45) is 0 Å². The molecule has 2 amide bonds. The summed E-state index contributed by atoms with van der Waals surface area (Å²) in [6.07, 6.45) is 0.356. The normalized spacial score (nSPS) is 20.4. The summed E-state index contributed by atoms with van der Waals surface area (Å²) in [7, 11) is 0. The van der Waals surface area contributed by atoms with Gasteiger partial charge in [-0.05, 0) is 26.8 Å². The topological polar surface area (TPSA) is 67.2 Å². The largest absolute Gasteiger partial charge is 0.345 e. The van der Waals surface area contributed by atoms with Crippen LogP contribution in [0, 0.1) is 6.92 Å². The first-order valence-electron chi connectivity index (χ1n) is 6.62. The van der Waals surface area contributed by atoms with Crippen molar-refractivity contribution in [3.8, 4) is 0 Å². The minimum absolute atomic E-state index is 0.0349. The number of rotatable bonds is 3. The lowest BCUT2D eigenvalue weighted by atomic mass is 10.2. The fraction of sp³-hybridized carbons (Fsp3) is 0.615. The van der Waals surface area contributed by atoms with Crippen molar-refractivity contribution >= 4 is 11.8 Å². The van der Waals surface area contributed by atoms with Gasteiger partial charge in [-0.1, -0.05) is 0 Å². The second-order valence-corrected chi connectivity index (χ2v) is 4.89. The molecule has 0 radical (unpaired) electrons. The Morgan fingerprint density at radius 2 is 2.21 bits per heavy atom. The van der Waals surface area contributed by atoms with E-state index in [1.54, 1.807) is 11.8 Å². The van der Waals surface area contributed by atoms with Gasteiger partial charge in [0.2, 0.25) is 11.8 Å². The summed E-state index contributed by atoms with van der Waals surface area (Å²) in [4.78, 5) is 25.4. The first-order valence-corrected chi connectivity index (χ1v) is 6.62. The smallest absolute Gasteiger partial charge is 0.245 e. The van der Waals surface area contributed by atoms with Gasteiger partial charge < -0.3 is 10.2 Å². The lowest BCUT2D eigenvalue weighted by molar-refractivity contribution is -0.133. The molecule has 2 rings (SSSR count). The molecule has 1 atom stereocenters. The molecule has 1 unspecified atom stereocenters. The summed E-state index contributed by atoms with van der Waals surface area (Å²) >= 11 is 0. The number of carbonyl (C=O) groups excluding carboxylic acids is 2. The molecule has 1 aliphatic rings. The Morgan fingerprint density at radius 3 is 2.89 bits per heavy atom. The van der Waals surface area contributed by atoms with Crippen LogP contribution < -0.4 is 5.32 Å². The molecule has 0 saturated carbocycles. The number of nitrogens with zero attached hydrogens (tertiary/aromatic N) is 3.